The highest BCUT2D eigenvalue weighted by Crippen LogP contribution is 2.39. The van der Waals surface area contributed by atoms with E-state index in [-0.39, 0.29) is 0 Å². The number of hydrogen-bond acceptors (Lipinski definition) is 1. The summed E-state index contributed by atoms with van der Waals surface area (Å²) in [6, 6.07) is 4.80. The molecule has 0 atom stereocenters. The minimum absolute atomic E-state index is 0.728. The van der Waals surface area contributed by atoms with Crippen molar-refractivity contribution in [2.24, 2.45) is 11.8 Å². The predicted octanol–water partition coefficient (Wildman–Crippen LogP) is 8.40. The SMILES string of the molecule is CCCCCC1CCC(c2ccc(C3CCC(CCCC)CC3)cn2)CC1. The molecule has 2 aliphatic rings. The standard InChI is InChI=1S/C26H43N/c1-3-5-7-9-22-12-16-24(17-13-22)26-19-18-25(20-27-26)23-14-10-21(11-15-23)8-6-4-2/h18-24H,3-17H2,1-2H3. The second-order valence-corrected chi connectivity index (χ2v) is 9.59. The number of unbranched alkanes of at least 4 members (excludes halogenated alkanes) is 3. The highest BCUT2D eigenvalue weighted by Gasteiger charge is 2.25. The number of hydrogen-bond donors (Lipinski definition) is 0. The van der Waals surface area contributed by atoms with Gasteiger partial charge in [0.25, 0.3) is 0 Å². The monoisotopic (exact) mass is 369 g/mol. The fourth-order valence-corrected chi connectivity index (χ4v) is 5.61. The van der Waals surface area contributed by atoms with Gasteiger partial charge < -0.3 is 0 Å². The lowest BCUT2D eigenvalue weighted by Gasteiger charge is -2.30. The Hall–Kier alpha value is -0.850. The van der Waals surface area contributed by atoms with Gasteiger partial charge in [-0.2, -0.15) is 0 Å². The molecule has 1 nitrogen and oxygen atoms in total. The van der Waals surface area contributed by atoms with Gasteiger partial charge in [-0.3, -0.25) is 4.98 Å². The smallest absolute Gasteiger partial charge is 0.0434 e. The van der Waals surface area contributed by atoms with E-state index < -0.39 is 0 Å². The van der Waals surface area contributed by atoms with E-state index in [0.717, 1.165) is 23.7 Å². The van der Waals surface area contributed by atoms with Crippen LogP contribution in [0, 0.1) is 11.8 Å². The number of pyridine rings is 1. The van der Waals surface area contributed by atoms with Crippen molar-refractivity contribution < 1.29 is 0 Å². The molecule has 0 saturated heterocycles. The van der Waals surface area contributed by atoms with Crippen LogP contribution in [-0.2, 0) is 0 Å². The van der Waals surface area contributed by atoms with Crippen molar-refractivity contribution in [2.75, 3.05) is 0 Å². The van der Waals surface area contributed by atoms with Crippen LogP contribution >= 0.6 is 0 Å². The zero-order chi connectivity index (χ0) is 18.9. The molecule has 1 aromatic rings. The maximum Gasteiger partial charge on any atom is 0.0434 e. The molecule has 152 valence electrons. The fraction of sp³-hybridized carbons (Fsp3) is 0.808. The minimum Gasteiger partial charge on any atom is -0.261 e. The van der Waals surface area contributed by atoms with E-state index in [4.69, 9.17) is 4.98 Å². The molecule has 0 bridgehead atoms. The zero-order valence-electron chi connectivity index (χ0n) is 18.1. The summed E-state index contributed by atoms with van der Waals surface area (Å²) in [5, 5.41) is 0. The molecule has 1 heteroatoms. The molecule has 0 unspecified atom stereocenters. The van der Waals surface area contributed by atoms with E-state index in [1.54, 1.807) is 0 Å². The Morgan fingerprint density at radius 3 is 1.85 bits per heavy atom. The molecule has 3 rings (SSSR count). The molecule has 0 amide bonds. The molecular formula is C26H43N. The summed E-state index contributed by atoms with van der Waals surface area (Å²) >= 11 is 0. The Balaban J connectivity index is 1.43. The second kappa shape index (κ2) is 11.2. The molecule has 0 spiro atoms. The van der Waals surface area contributed by atoms with E-state index >= 15 is 0 Å². The first-order valence-electron chi connectivity index (χ1n) is 12.3. The van der Waals surface area contributed by atoms with Crippen LogP contribution in [0.1, 0.15) is 133 Å². The average molecular weight is 370 g/mol. The Bertz CT molecular complexity index is 504. The summed E-state index contributed by atoms with van der Waals surface area (Å²) < 4.78 is 0. The van der Waals surface area contributed by atoms with Crippen LogP contribution in [0.3, 0.4) is 0 Å². The lowest BCUT2D eigenvalue weighted by atomic mass is 9.76. The predicted molar refractivity (Wildman–Crippen MR) is 117 cm³/mol. The van der Waals surface area contributed by atoms with Gasteiger partial charge in [0.2, 0.25) is 0 Å². The van der Waals surface area contributed by atoms with Crippen molar-refractivity contribution >= 4 is 0 Å². The Kier molecular flexibility index (Phi) is 8.68. The van der Waals surface area contributed by atoms with Gasteiger partial charge in [-0.25, -0.2) is 0 Å². The van der Waals surface area contributed by atoms with E-state index in [9.17, 15) is 0 Å². The maximum absolute atomic E-state index is 4.95. The summed E-state index contributed by atoms with van der Waals surface area (Å²) in [6.07, 6.45) is 23.4. The second-order valence-electron chi connectivity index (χ2n) is 9.59. The zero-order valence-corrected chi connectivity index (χ0v) is 18.1. The third-order valence-corrected chi connectivity index (χ3v) is 7.57. The van der Waals surface area contributed by atoms with Gasteiger partial charge in [-0.1, -0.05) is 64.9 Å². The van der Waals surface area contributed by atoms with Gasteiger partial charge in [-0.15, -0.1) is 0 Å². The maximum atomic E-state index is 4.95. The van der Waals surface area contributed by atoms with Crippen LogP contribution < -0.4 is 0 Å². The van der Waals surface area contributed by atoms with Crippen molar-refractivity contribution in [2.45, 2.75) is 122 Å². The van der Waals surface area contributed by atoms with E-state index in [1.165, 1.54) is 108 Å². The summed E-state index contributed by atoms with van der Waals surface area (Å²) in [7, 11) is 0. The molecule has 2 saturated carbocycles. The molecule has 0 radical (unpaired) electrons. The fourth-order valence-electron chi connectivity index (χ4n) is 5.61. The Labute approximate surface area is 168 Å². The summed E-state index contributed by atoms with van der Waals surface area (Å²) in [5.74, 6) is 3.50. The van der Waals surface area contributed by atoms with Gasteiger partial charge >= 0.3 is 0 Å². The summed E-state index contributed by atoms with van der Waals surface area (Å²) in [4.78, 5) is 4.95. The Morgan fingerprint density at radius 1 is 0.704 bits per heavy atom. The summed E-state index contributed by atoms with van der Waals surface area (Å²) in [5.41, 5.74) is 2.89. The third-order valence-electron chi connectivity index (χ3n) is 7.57. The van der Waals surface area contributed by atoms with Crippen molar-refractivity contribution in [1.82, 2.24) is 4.98 Å². The van der Waals surface area contributed by atoms with E-state index in [1.807, 2.05) is 0 Å². The summed E-state index contributed by atoms with van der Waals surface area (Å²) in [6.45, 7) is 4.63. The largest absolute Gasteiger partial charge is 0.261 e. The van der Waals surface area contributed by atoms with Crippen molar-refractivity contribution in [3.63, 3.8) is 0 Å². The van der Waals surface area contributed by atoms with Crippen LogP contribution in [0.25, 0.3) is 0 Å². The highest BCUT2D eigenvalue weighted by molar-refractivity contribution is 5.21. The lowest BCUT2D eigenvalue weighted by Crippen LogP contribution is -2.15. The third kappa shape index (κ3) is 6.33. The van der Waals surface area contributed by atoms with Crippen LogP contribution in [0.4, 0.5) is 0 Å². The lowest BCUT2D eigenvalue weighted by molar-refractivity contribution is 0.299. The van der Waals surface area contributed by atoms with E-state index in [0.29, 0.717) is 0 Å². The number of aromatic nitrogens is 1. The van der Waals surface area contributed by atoms with Gasteiger partial charge in [0.15, 0.2) is 0 Å². The van der Waals surface area contributed by atoms with Crippen molar-refractivity contribution in [3.8, 4) is 0 Å². The minimum atomic E-state index is 0.728. The van der Waals surface area contributed by atoms with Crippen LogP contribution in [-0.4, -0.2) is 4.98 Å². The molecule has 27 heavy (non-hydrogen) atoms. The van der Waals surface area contributed by atoms with Gasteiger partial charge in [0, 0.05) is 17.8 Å². The quantitative estimate of drug-likeness (QED) is 0.398. The molecule has 0 aliphatic heterocycles. The Morgan fingerprint density at radius 2 is 1.30 bits per heavy atom. The number of nitrogens with zero attached hydrogens (tertiary/aromatic N) is 1. The van der Waals surface area contributed by atoms with Gasteiger partial charge in [0.1, 0.15) is 0 Å². The normalized spacial score (nSPS) is 29.0. The molecule has 2 fully saturated rings. The first-order chi connectivity index (χ1) is 13.3. The topological polar surface area (TPSA) is 12.9 Å². The van der Waals surface area contributed by atoms with Gasteiger partial charge in [0.05, 0.1) is 0 Å². The molecule has 2 aliphatic carbocycles. The van der Waals surface area contributed by atoms with E-state index in [2.05, 4.69) is 32.2 Å². The molecule has 0 aromatic carbocycles. The van der Waals surface area contributed by atoms with Crippen LogP contribution in [0.5, 0.6) is 0 Å². The molecule has 1 heterocycles. The van der Waals surface area contributed by atoms with Gasteiger partial charge in [-0.05, 0) is 80.8 Å². The highest BCUT2D eigenvalue weighted by atomic mass is 14.7. The molecular weight excluding hydrogens is 326 g/mol. The molecule has 1 aromatic heterocycles. The van der Waals surface area contributed by atoms with Crippen molar-refractivity contribution in [1.29, 1.82) is 0 Å². The van der Waals surface area contributed by atoms with Crippen LogP contribution in [0.2, 0.25) is 0 Å². The van der Waals surface area contributed by atoms with Crippen LogP contribution in [0.15, 0.2) is 18.3 Å². The number of rotatable bonds is 9. The first-order valence-corrected chi connectivity index (χ1v) is 12.3. The first kappa shape index (κ1) is 20.9. The molecule has 0 N–H and O–H groups in total. The van der Waals surface area contributed by atoms with Crippen molar-refractivity contribution in [3.05, 3.63) is 29.6 Å². The average Bonchev–Trinajstić information content (AvgIpc) is 2.73.